The molecule has 0 radical (unpaired) electrons. The molecule has 0 aliphatic carbocycles. The molecule has 3 amide bonds. The van der Waals surface area contributed by atoms with E-state index in [1.807, 2.05) is 54.1 Å². The normalized spacial score (nSPS) is 12.7. The monoisotopic (exact) mass is 576 g/mol. The van der Waals surface area contributed by atoms with Gasteiger partial charge in [-0.2, -0.15) is 0 Å². The van der Waals surface area contributed by atoms with Crippen molar-refractivity contribution in [3.8, 4) is 23.2 Å². The quantitative estimate of drug-likeness (QED) is 0.340. The summed E-state index contributed by atoms with van der Waals surface area (Å²) in [7, 11) is 1.84. The highest BCUT2D eigenvalue weighted by Gasteiger charge is 2.35. The zero-order chi connectivity index (χ0) is 30.7. The van der Waals surface area contributed by atoms with Crippen LogP contribution in [0.2, 0.25) is 0 Å². The highest BCUT2D eigenvalue weighted by molar-refractivity contribution is 6.05. The molecule has 2 aromatic carbocycles. The number of hydrogen-bond donors (Lipinski definition) is 2. The first-order chi connectivity index (χ1) is 20.5. The van der Waals surface area contributed by atoms with Crippen molar-refractivity contribution in [1.82, 2.24) is 19.4 Å². The molecule has 3 heterocycles. The van der Waals surface area contributed by atoms with Gasteiger partial charge in [0.1, 0.15) is 11.3 Å². The van der Waals surface area contributed by atoms with Gasteiger partial charge in [-0.05, 0) is 50.6 Å². The number of amides is 3. The van der Waals surface area contributed by atoms with E-state index in [1.54, 1.807) is 39.0 Å². The first-order valence-corrected chi connectivity index (χ1v) is 13.8. The molecule has 0 saturated carbocycles. The Kier molecular flexibility index (Phi) is 7.99. The lowest BCUT2D eigenvalue weighted by Gasteiger charge is -2.28. The molecule has 0 fully saturated rings. The number of rotatable bonds is 4. The van der Waals surface area contributed by atoms with E-state index in [1.165, 1.54) is 6.20 Å². The Bertz CT molecular complexity index is 1780. The van der Waals surface area contributed by atoms with Crippen molar-refractivity contribution in [2.75, 3.05) is 17.6 Å². The second-order valence-electron chi connectivity index (χ2n) is 11.2. The molecule has 1 aliphatic heterocycles. The SMILES string of the molecule is Cn1c(-c2nc(N)ncc2C#Cc2cccc(NC(=O)Cc3ccccc3)c2)cc2c1CCN(C(=O)OC(C)(C)C)C2=O. The lowest BCUT2D eigenvalue weighted by molar-refractivity contribution is -0.115. The van der Waals surface area contributed by atoms with Crippen molar-refractivity contribution in [3.63, 3.8) is 0 Å². The third-order valence-electron chi connectivity index (χ3n) is 6.77. The molecule has 0 bridgehead atoms. The van der Waals surface area contributed by atoms with Gasteiger partial charge in [0.25, 0.3) is 5.91 Å². The van der Waals surface area contributed by atoms with Gasteiger partial charge in [0.2, 0.25) is 11.9 Å². The molecule has 4 aromatic rings. The van der Waals surface area contributed by atoms with Crippen LogP contribution >= 0.6 is 0 Å². The maximum absolute atomic E-state index is 13.3. The fourth-order valence-corrected chi connectivity index (χ4v) is 4.80. The number of nitrogen functional groups attached to an aromatic ring is 1. The number of imide groups is 1. The summed E-state index contributed by atoms with van der Waals surface area (Å²) in [4.78, 5) is 48.2. The summed E-state index contributed by atoms with van der Waals surface area (Å²) in [6.07, 6.45) is 1.59. The second-order valence-corrected chi connectivity index (χ2v) is 11.2. The molecule has 0 atom stereocenters. The predicted molar refractivity (Wildman–Crippen MR) is 163 cm³/mol. The van der Waals surface area contributed by atoms with Gasteiger partial charge in [-0.3, -0.25) is 9.59 Å². The number of fused-ring (bicyclic) bond motifs is 1. The van der Waals surface area contributed by atoms with Crippen LogP contribution < -0.4 is 11.1 Å². The number of carbonyl (C=O) groups excluding carboxylic acids is 3. The van der Waals surface area contributed by atoms with Crippen LogP contribution in [-0.2, 0) is 29.4 Å². The lowest BCUT2D eigenvalue weighted by atomic mass is 10.1. The first-order valence-electron chi connectivity index (χ1n) is 13.8. The van der Waals surface area contributed by atoms with Crippen LogP contribution in [0.25, 0.3) is 11.4 Å². The number of nitrogens with two attached hydrogens (primary N) is 1. The van der Waals surface area contributed by atoms with Crippen LogP contribution in [0.1, 0.15) is 53.5 Å². The van der Waals surface area contributed by atoms with E-state index < -0.39 is 17.6 Å². The molecule has 0 unspecified atom stereocenters. The van der Waals surface area contributed by atoms with Gasteiger partial charge in [0, 0.05) is 43.2 Å². The van der Waals surface area contributed by atoms with Gasteiger partial charge < -0.3 is 20.4 Å². The number of hydrogen-bond acceptors (Lipinski definition) is 7. The molecule has 5 rings (SSSR count). The van der Waals surface area contributed by atoms with Gasteiger partial charge in [0.15, 0.2) is 0 Å². The molecule has 0 saturated heterocycles. The molecular formula is C33H32N6O4. The Labute approximate surface area is 249 Å². The van der Waals surface area contributed by atoms with Crippen LogP contribution in [0.15, 0.2) is 66.9 Å². The number of nitrogens with one attached hydrogen (secondary N) is 1. The van der Waals surface area contributed by atoms with E-state index in [0.717, 1.165) is 16.2 Å². The van der Waals surface area contributed by atoms with Crippen LogP contribution in [-0.4, -0.2) is 49.5 Å². The molecule has 10 nitrogen and oxygen atoms in total. The average Bonchev–Trinajstić information content (AvgIpc) is 3.29. The Balaban J connectivity index is 1.40. The zero-order valence-electron chi connectivity index (χ0n) is 24.5. The number of anilines is 2. The number of nitrogens with zero attached hydrogens (tertiary/aromatic N) is 4. The van der Waals surface area contributed by atoms with Gasteiger partial charge in [-0.1, -0.05) is 48.2 Å². The highest BCUT2D eigenvalue weighted by atomic mass is 16.6. The number of carbonyl (C=O) groups is 3. The molecule has 43 heavy (non-hydrogen) atoms. The summed E-state index contributed by atoms with van der Waals surface area (Å²) in [6, 6.07) is 18.5. The topological polar surface area (TPSA) is 132 Å². The van der Waals surface area contributed by atoms with Crippen molar-refractivity contribution in [1.29, 1.82) is 0 Å². The van der Waals surface area contributed by atoms with Crippen molar-refractivity contribution in [3.05, 3.63) is 94.8 Å². The van der Waals surface area contributed by atoms with E-state index in [9.17, 15) is 14.4 Å². The summed E-state index contributed by atoms with van der Waals surface area (Å²) in [5.74, 6) is 5.74. The summed E-state index contributed by atoms with van der Waals surface area (Å²) in [5.41, 5.74) is 10.2. The lowest BCUT2D eigenvalue weighted by Crippen LogP contribution is -2.44. The molecule has 2 aromatic heterocycles. The van der Waals surface area contributed by atoms with E-state index in [-0.39, 0.29) is 24.8 Å². The minimum Gasteiger partial charge on any atom is -0.443 e. The van der Waals surface area contributed by atoms with E-state index in [4.69, 9.17) is 10.5 Å². The molecule has 1 aliphatic rings. The Morgan fingerprint density at radius 3 is 2.58 bits per heavy atom. The van der Waals surface area contributed by atoms with Gasteiger partial charge in [0.05, 0.1) is 23.2 Å². The van der Waals surface area contributed by atoms with Gasteiger partial charge in [-0.25, -0.2) is 19.7 Å². The summed E-state index contributed by atoms with van der Waals surface area (Å²) < 4.78 is 7.30. The maximum Gasteiger partial charge on any atom is 0.417 e. The van der Waals surface area contributed by atoms with E-state index >= 15 is 0 Å². The van der Waals surface area contributed by atoms with E-state index in [2.05, 4.69) is 27.1 Å². The minimum absolute atomic E-state index is 0.0598. The summed E-state index contributed by atoms with van der Waals surface area (Å²) >= 11 is 0. The Hall–Kier alpha value is -5.43. The van der Waals surface area contributed by atoms with Crippen molar-refractivity contribution in [2.45, 2.75) is 39.2 Å². The third kappa shape index (κ3) is 6.73. The Morgan fingerprint density at radius 1 is 1.07 bits per heavy atom. The minimum atomic E-state index is -0.723. The van der Waals surface area contributed by atoms with Crippen molar-refractivity contribution < 1.29 is 19.1 Å². The summed E-state index contributed by atoms with van der Waals surface area (Å²) in [6.45, 7) is 5.47. The largest absolute Gasteiger partial charge is 0.443 e. The number of benzene rings is 2. The number of aromatic nitrogens is 3. The molecule has 10 heteroatoms. The van der Waals surface area contributed by atoms with Crippen molar-refractivity contribution in [2.24, 2.45) is 7.05 Å². The first kappa shape index (κ1) is 29.1. The van der Waals surface area contributed by atoms with Crippen LogP contribution in [0, 0.1) is 11.8 Å². The highest BCUT2D eigenvalue weighted by Crippen LogP contribution is 2.30. The van der Waals surface area contributed by atoms with Gasteiger partial charge in [-0.15, -0.1) is 0 Å². The fraction of sp³-hybridized carbons (Fsp3) is 0.242. The smallest absolute Gasteiger partial charge is 0.417 e. The number of ether oxygens (including phenoxy) is 1. The average molecular weight is 577 g/mol. The third-order valence-corrected chi connectivity index (χ3v) is 6.77. The van der Waals surface area contributed by atoms with Crippen LogP contribution in [0.3, 0.4) is 0 Å². The second kappa shape index (κ2) is 11.8. The van der Waals surface area contributed by atoms with Gasteiger partial charge >= 0.3 is 6.09 Å². The molecule has 0 spiro atoms. The fourth-order valence-electron chi connectivity index (χ4n) is 4.80. The molecular weight excluding hydrogens is 544 g/mol. The predicted octanol–water partition coefficient (Wildman–Crippen LogP) is 4.58. The maximum atomic E-state index is 13.3. The van der Waals surface area contributed by atoms with Crippen molar-refractivity contribution >= 4 is 29.5 Å². The molecule has 218 valence electrons. The van der Waals surface area contributed by atoms with Crippen LogP contribution in [0.4, 0.5) is 16.4 Å². The van der Waals surface area contributed by atoms with Crippen LogP contribution in [0.5, 0.6) is 0 Å². The standard InChI is InChI=1S/C33H32N6O4/c1-33(2,3)43-32(42)39-16-15-26-25(30(39)41)19-27(38(26)4)29-23(20-35-31(34)37-29)14-13-22-11-8-12-24(17-22)36-28(40)18-21-9-6-5-7-10-21/h5-12,17,19-20H,15-16,18H2,1-4H3,(H,36,40)(H2,34,35,37). The zero-order valence-corrected chi connectivity index (χ0v) is 24.5. The van der Waals surface area contributed by atoms with E-state index in [0.29, 0.717) is 40.2 Å². The summed E-state index contributed by atoms with van der Waals surface area (Å²) in [5, 5.41) is 2.92. The molecule has 3 N–H and O–H groups in total. The Morgan fingerprint density at radius 2 is 1.84 bits per heavy atom.